The van der Waals surface area contributed by atoms with E-state index in [9.17, 15) is 9.18 Å². The molecule has 2 rings (SSSR count). The van der Waals surface area contributed by atoms with Gasteiger partial charge < -0.3 is 10.4 Å². The number of aromatic nitrogens is 1. The van der Waals surface area contributed by atoms with E-state index in [-0.39, 0.29) is 6.04 Å². The van der Waals surface area contributed by atoms with E-state index in [1.165, 1.54) is 12.3 Å². The molecule has 0 radical (unpaired) electrons. The maximum absolute atomic E-state index is 13.2. The zero-order chi connectivity index (χ0) is 10.1. The number of pyridine rings is 1. The maximum atomic E-state index is 13.2. The van der Waals surface area contributed by atoms with Crippen molar-refractivity contribution in [2.24, 2.45) is 0 Å². The topological polar surface area (TPSA) is 62.2 Å². The van der Waals surface area contributed by atoms with E-state index < -0.39 is 17.5 Å². The molecule has 14 heavy (non-hydrogen) atoms. The second-order valence-electron chi connectivity index (χ2n) is 3.20. The lowest BCUT2D eigenvalue weighted by atomic mass is 9.99. The normalized spacial score (nSPS) is 20.2. The molecule has 0 aliphatic carbocycles. The number of rotatable bonds is 2. The van der Waals surface area contributed by atoms with Gasteiger partial charge in [0.25, 0.3) is 0 Å². The maximum Gasteiger partial charge on any atom is 0.357 e. The summed E-state index contributed by atoms with van der Waals surface area (Å²) in [6, 6.07) is 1.35. The van der Waals surface area contributed by atoms with Crippen molar-refractivity contribution in [3.63, 3.8) is 0 Å². The van der Waals surface area contributed by atoms with Gasteiger partial charge in [0.15, 0.2) is 11.5 Å². The van der Waals surface area contributed by atoms with Crippen molar-refractivity contribution in [1.29, 1.82) is 0 Å². The molecule has 0 aromatic carbocycles. The van der Waals surface area contributed by atoms with Crippen molar-refractivity contribution in [3.05, 3.63) is 29.3 Å². The summed E-state index contributed by atoms with van der Waals surface area (Å²) >= 11 is 0. The first-order valence-electron chi connectivity index (χ1n) is 4.30. The van der Waals surface area contributed by atoms with Crippen LogP contribution in [0, 0.1) is 5.82 Å². The minimum atomic E-state index is -1.34. The molecular formula is C9H9FN2O2. The number of nitrogens with one attached hydrogen (secondary N) is 1. The molecule has 1 fully saturated rings. The van der Waals surface area contributed by atoms with Crippen LogP contribution in [0.3, 0.4) is 0 Å². The van der Waals surface area contributed by atoms with Gasteiger partial charge in [-0.15, -0.1) is 0 Å². The Balaban J connectivity index is 2.30. The Morgan fingerprint density at radius 3 is 2.86 bits per heavy atom. The second-order valence-corrected chi connectivity index (χ2v) is 3.20. The van der Waals surface area contributed by atoms with E-state index in [0.29, 0.717) is 5.56 Å². The van der Waals surface area contributed by atoms with Crippen LogP contribution in [0.15, 0.2) is 12.3 Å². The van der Waals surface area contributed by atoms with Crippen LogP contribution in [0.1, 0.15) is 28.5 Å². The molecule has 1 aromatic rings. The van der Waals surface area contributed by atoms with Crippen LogP contribution in [-0.2, 0) is 0 Å². The molecule has 1 aliphatic heterocycles. The fourth-order valence-electron chi connectivity index (χ4n) is 1.37. The third-order valence-corrected chi connectivity index (χ3v) is 2.29. The third kappa shape index (κ3) is 1.46. The van der Waals surface area contributed by atoms with Gasteiger partial charge in [-0.25, -0.2) is 14.2 Å². The molecule has 1 aromatic heterocycles. The van der Waals surface area contributed by atoms with Crippen molar-refractivity contribution in [2.45, 2.75) is 12.5 Å². The van der Waals surface area contributed by atoms with Gasteiger partial charge in [0.1, 0.15) is 0 Å². The zero-order valence-electron chi connectivity index (χ0n) is 7.33. The highest BCUT2D eigenvalue weighted by Crippen LogP contribution is 2.23. The van der Waals surface area contributed by atoms with Gasteiger partial charge in [0, 0.05) is 12.2 Å². The predicted molar refractivity (Wildman–Crippen MR) is 46.5 cm³/mol. The average Bonchev–Trinajstić information content (AvgIpc) is 2.00. The molecule has 2 N–H and O–H groups in total. The van der Waals surface area contributed by atoms with Crippen molar-refractivity contribution < 1.29 is 14.3 Å². The third-order valence-electron chi connectivity index (χ3n) is 2.29. The first-order chi connectivity index (χ1) is 6.68. The summed E-state index contributed by atoms with van der Waals surface area (Å²) in [5.74, 6) is -2.11. The van der Waals surface area contributed by atoms with E-state index in [1.807, 2.05) is 0 Å². The number of hydrogen-bond acceptors (Lipinski definition) is 3. The van der Waals surface area contributed by atoms with Crippen LogP contribution in [0.2, 0.25) is 0 Å². The molecule has 0 bridgehead atoms. The molecule has 5 heteroatoms. The van der Waals surface area contributed by atoms with Gasteiger partial charge in [0.05, 0.1) is 0 Å². The van der Waals surface area contributed by atoms with E-state index >= 15 is 0 Å². The molecule has 1 saturated heterocycles. The summed E-state index contributed by atoms with van der Waals surface area (Å²) in [5.41, 5.74) is 0.187. The van der Waals surface area contributed by atoms with Gasteiger partial charge >= 0.3 is 5.97 Å². The van der Waals surface area contributed by atoms with Crippen LogP contribution in [0.4, 0.5) is 4.39 Å². The van der Waals surface area contributed by atoms with Crippen molar-refractivity contribution in [3.8, 4) is 0 Å². The highest BCUT2D eigenvalue weighted by molar-refractivity contribution is 5.85. The summed E-state index contributed by atoms with van der Waals surface area (Å²) in [4.78, 5) is 14.0. The van der Waals surface area contributed by atoms with Crippen LogP contribution >= 0.6 is 0 Å². The van der Waals surface area contributed by atoms with Gasteiger partial charge in [0.2, 0.25) is 0 Å². The Hall–Kier alpha value is -1.49. The highest BCUT2D eigenvalue weighted by atomic mass is 19.1. The van der Waals surface area contributed by atoms with Crippen LogP contribution in [-0.4, -0.2) is 22.6 Å². The number of carboxylic acids is 1. The van der Waals surface area contributed by atoms with Gasteiger partial charge in [-0.3, -0.25) is 0 Å². The largest absolute Gasteiger partial charge is 0.476 e. The SMILES string of the molecule is O=C(O)c1ncc(C2CCN2)cc1F. The summed E-state index contributed by atoms with van der Waals surface area (Å²) in [6.07, 6.45) is 2.34. The number of aromatic carboxylic acids is 1. The van der Waals surface area contributed by atoms with Crippen molar-refractivity contribution in [2.75, 3.05) is 6.54 Å². The number of carboxylic acid groups (broad SMARTS) is 1. The molecule has 4 nitrogen and oxygen atoms in total. The molecule has 0 saturated carbocycles. The number of nitrogens with zero attached hydrogens (tertiary/aromatic N) is 1. The second kappa shape index (κ2) is 3.34. The van der Waals surface area contributed by atoms with Crippen LogP contribution in [0.5, 0.6) is 0 Å². The molecule has 1 aliphatic rings. The lowest BCUT2D eigenvalue weighted by Crippen LogP contribution is -2.35. The number of carbonyl (C=O) groups is 1. The first-order valence-corrected chi connectivity index (χ1v) is 4.30. The number of hydrogen-bond donors (Lipinski definition) is 2. The summed E-state index contributed by atoms with van der Waals surface area (Å²) in [6.45, 7) is 0.910. The minimum Gasteiger partial charge on any atom is -0.476 e. The lowest BCUT2D eigenvalue weighted by Gasteiger charge is -2.27. The molecular weight excluding hydrogens is 187 g/mol. The zero-order valence-corrected chi connectivity index (χ0v) is 7.33. The molecule has 0 amide bonds. The first kappa shape index (κ1) is 9.08. The van der Waals surface area contributed by atoms with Gasteiger partial charge in [-0.2, -0.15) is 0 Å². The van der Waals surface area contributed by atoms with E-state index in [2.05, 4.69) is 10.3 Å². The van der Waals surface area contributed by atoms with Crippen molar-refractivity contribution in [1.82, 2.24) is 10.3 Å². The summed E-state index contributed by atoms with van der Waals surface area (Å²) in [7, 11) is 0. The van der Waals surface area contributed by atoms with E-state index in [4.69, 9.17) is 5.11 Å². The van der Waals surface area contributed by atoms with Gasteiger partial charge in [-0.05, 0) is 24.6 Å². The van der Waals surface area contributed by atoms with E-state index in [1.54, 1.807) is 0 Å². The molecule has 74 valence electrons. The van der Waals surface area contributed by atoms with Gasteiger partial charge in [-0.1, -0.05) is 0 Å². The summed E-state index contributed by atoms with van der Waals surface area (Å²) < 4.78 is 13.2. The fraction of sp³-hybridized carbons (Fsp3) is 0.333. The Morgan fingerprint density at radius 1 is 1.71 bits per heavy atom. The smallest absolute Gasteiger partial charge is 0.357 e. The molecule has 2 heterocycles. The number of halogens is 1. The highest BCUT2D eigenvalue weighted by Gasteiger charge is 2.21. The summed E-state index contributed by atoms with van der Waals surface area (Å²) in [5, 5.41) is 11.6. The molecule has 1 atom stereocenters. The Morgan fingerprint density at radius 2 is 2.43 bits per heavy atom. The quantitative estimate of drug-likeness (QED) is 0.739. The molecule has 1 unspecified atom stereocenters. The average molecular weight is 196 g/mol. The van der Waals surface area contributed by atoms with Crippen molar-refractivity contribution >= 4 is 5.97 Å². The monoisotopic (exact) mass is 196 g/mol. The van der Waals surface area contributed by atoms with Crippen LogP contribution < -0.4 is 5.32 Å². The minimum absolute atomic E-state index is 0.125. The predicted octanol–water partition coefficient (Wildman–Crippen LogP) is 0.953. The van der Waals surface area contributed by atoms with Crippen LogP contribution in [0.25, 0.3) is 0 Å². The van der Waals surface area contributed by atoms with E-state index in [0.717, 1.165) is 13.0 Å². The molecule has 0 spiro atoms. The standard InChI is InChI=1S/C9H9FN2O2/c10-6-3-5(7-1-2-11-7)4-12-8(6)9(13)14/h3-4,7,11H,1-2H2,(H,13,14). The lowest BCUT2D eigenvalue weighted by molar-refractivity contribution is 0.0685. The Bertz CT molecular complexity index is 377. The Labute approximate surface area is 79.8 Å². The fourth-order valence-corrected chi connectivity index (χ4v) is 1.37. The Kier molecular flexibility index (Phi) is 2.17.